The van der Waals surface area contributed by atoms with Crippen molar-refractivity contribution in [2.75, 3.05) is 5.32 Å². The summed E-state index contributed by atoms with van der Waals surface area (Å²) in [5.74, 6) is 0.741. The lowest BCUT2D eigenvalue weighted by atomic mass is 9.97. The van der Waals surface area contributed by atoms with Gasteiger partial charge in [0.05, 0.1) is 0 Å². The summed E-state index contributed by atoms with van der Waals surface area (Å²) in [6, 6.07) is 57.4. The normalized spacial score (nSPS) is 11.6. The molecule has 0 aliphatic heterocycles. The Balaban J connectivity index is 1.23. The van der Waals surface area contributed by atoms with Crippen molar-refractivity contribution < 1.29 is 0 Å². The van der Waals surface area contributed by atoms with Crippen LogP contribution in [0.5, 0.6) is 0 Å². The Bertz CT molecular complexity index is 2070. The van der Waals surface area contributed by atoms with Crippen molar-refractivity contribution in [3.63, 3.8) is 0 Å². The number of aryl methyl sites for hydroxylation is 1. The first-order valence-electron chi connectivity index (χ1n) is 15.6. The van der Waals surface area contributed by atoms with E-state index < -0.39 is 6.17 Å². The van der Waals surface area contributed by atoms with Crippen LogP contribution in [-0.2, 0) is 0 Å². The molecule has 0 aliphatic carbocycles. The van der Waals surface area contributed by atoms with Gasteiger partial charge in [-0.05, 0) is 69.1 Å². The third kappa shape index (κ3) is 6.37. The van der Waals surface area contributed by atoms with Crippen molar-refractivity contribution in [3.05, 3.63) is 181 Å². The van der Waals surface area contributed by atoms with Gasteiger partial charge in [0.15, 0.2) is 0 Å². The standard InChI is InChI=1S/C43H35N3/c1-30-10-8-15-37(26-30)38-16-9-17-39(27-38)42(44)46-43-41(36-24-22-34(23-25-36)32-13-6-3-7-14-32)28-40(29-45-43)35-20-18-33(19-21-35)31-11-4-2-5-12-31/h2-29,42H,44H2,1H3,(H,45,46). The number of rotatable bonds is 8. The van der Waals surface area contributed by atoms with E-state index in [-0.39, 0.29) is 0 Å². The van der Waals surface area contributed by atoms with E-state index >= 15 is 0 Å². The van der Waals surface area contributed by atoms with Crippen LogP contribution in [0.2, 0.25) is 0 Å². The van der Waals surface area contributed by atoms with E-state index in [0.29, 0.717) is 0 Å². The van der Waals surface area contributed by atoms with Gasteiger partial charge in [-0.2, -0.15) is 0 Å². The number of hydrogen-bond donors (Lipinski definition) is 2. The summed E-state index contributed by atoms with van der Waals surface area (Å²) in [6.07, 6.45) is 1.48. The maximum absolute atomic E-state index is 6.82. The molecule has 3 heteroatoms. The number of anilines is 1. The molecule has 1 heterocycles. The van der Waals surface area contributed by atoms with Crippen molar-refractivity contribution >= 4 is 5.82 Å². The van der Waals surface area contributed by atoms with E-state index in [1.54, 1.807) is 0 Å². The van der Waals surface area contributed by atoms with Gasteiger partial charge in [-0.3, -0.25) is 0 Å². The monoisotopic (exact) mass is 593 g/mol. The number of aromatic nitrogens is 1. The predicted molar refractivity (Wildman–Crippen MR) is 193 cm³/mol. The Morgan fingerprint density at radius 2 is 0.935 bits per heavy atom. The van der Waals surface area contributed by atoms with Gasteiger partial charge >= 0.3 is 0 Å². The van der Waals surface area contributed by atoms with Crippen molar-refractivity contribution in [2.45, 2.75) is 13.1 Å². The van der Waals surface area contributed by atoms with Crippen molar-refractivity contribution in [2.24, 2.45) is 5.73 Å². The SMILES string of the molecule is Cc1cccc(-c2cccc(C(N)Nc3ncc(-c4ccc(-c5ccccc5)cc4)cc3-c3ccc(-c4ccccc4)cc3)c2)c1. The van der Waals surface area contributed by atoms with Crippen LogP contribution in [-0.4, -0.2) is 4.98 Å². The van der Waals surface area contributed by atoms with Crippen LogP contribution in [0.4, 0.5) is 5.82 Å². The number of nitrogens with one attached hydrogen (secondary N) is 1. The first kappa shape index (κ1) is 29.0. The maximum atomic E-state index is 6.82. The van der Waals surface area contributed by atoms with Crippen molar-refractivity contribution in [1.82, 2.24) is 4.98 Å². The molecule has 0 radical (unpaired) electrons. The summed E-state index contributed by atoms with van der Waals surface area (Å²) in [5, 5.41) is 3.54. The fourth-order valence-electron chi connectivity index (χ4n) is 5.88. The zero-order chi connectivity index (χ0) is 31.3. The minimum absolute atomic E-state index is 0.449. The molecule has 3 nitrogen and oxygen atoms in total. The molecule has 1 aromatic heterocycles. The summed E-state index contributed by atoms with van der Waals surface area (Å²) in [5.41, 5.74) is 20.3. The largest absolute Gasteiger partial charge is 0.350 e. The summed E-state index contributed by atoms with van der Waals surface area (Å²) >= 11 is 0. The number of nitrogens with two attached hydrogens (primary N) is 1. The molecule has 0 bridgehead atoms. The zero-order valence-corrected chi connectivity index (χ0v) is 25.8. The lowest BCUT2D eigenvalue weighted by Crippen LogP contribution is -2.21. The molecule has 0 saturated carbocycles. The molecule has 46 heavy (non-hydrogen) atoms. The minimum atomic E-state index is -0.449. The molecule has 0 amide bonds. The van der Waals surface area contributed by atoms with E-state index in [9.17, 15) is 0 Å². The fraction of sp³-hybridized carbons (Fsp3) is 0.0465. The van der Waals surface area contributed by atoms with Gasteiger partial charge in [0, 0.05) is 17.3 Å². The lowest BCUT2D eigenvalue weighted by molar-refractivity contribution is 0.829. The third-order valence-corrected chi connectivity index (χ3v) is 8.41. The quantitative estimate of drug-likeness (QED) is 0.172. The van der Waals surface area contributed by atoms with Crippen molar-refractivity contribution in [1.29, 1.82) is 0 Å². The first-order valence-corrected chi connectivity index (χ1v) is 15.6. The average molecular weight is 594 g/mol. The van der Waals surface area contributed by atoms with Gasteiger partial charge in [-0.15, -0.1) is 0 Å². The molecule has 222 valence electrons. The molecule has 7 rings (SSSR count). The second-order valence-electron chi connectivity index (χ2n) is 11.6. The topological polar surface area (TPSA) is 50.9 Å². The van der Waals surface area contributed by atoms with Gasteiger partial charge < -0.3 is 11.1 Å². The Morgan fingerprint density at radius 3 is 1.52 bits per heavy atom. The molecule has 0 saturated heterocycles. The zero-order valence-electron chi connectivity index (χ0n) is 25.8. The highest BCUT2D eigenvalue weighted by Crippen LogP contribution is 2.35. The smallest absolute Gasteiger partial charge is 0.135 e. The van der Waals surface area contributed by atoms with Crippen LogP contribution in [0.1, 0.15) is 17.3 Å². The molecule has 0 aliphatic rings. The Morgan fingerprint density at radius 1 is 0.457 bits per heavy atom. The van der Waals surface area contributed by atoms with E-state index in [0.717, 1.165) is 39.2 Å². The fourth-order valence-corrected chi connectivity index (χ4v) is 5.88. The van der Waals surface area contributed by atoms with Crippen LogP contribution in [0, 0.1) is 6.92 Å². The highest BCUT2D eigenvalue weighted by atomic mass is 15.1. The van der Waals surface area contributed by atoms with Gasteiger partial charge in [0.1, 0.15) is 12.0 Å². The predicted octanol–water partition coefficient (Wildman–Crippen LogP) is 10.8. The maximum Gasteiger partial charge on any atom is 0.135 e. The highest BCUT2D eigenvalue weighted by molar-refractivity contribution is 5.82. The molecule has 3 N–H and O–H groups in total. The molecular formula is C43H35N3. The van der Waals surface area contributed by atoms with Crippen LogP contribution >= 0.6 is 0 Å². The molecule has 0 spiro atoms. The number of hydrogen-bond acceptors (Lipinski definition) is 3. The second-order valence-corrected chi connectivity index (χ2v) is 11.6. The van der Waals surface area contributed by atoms with Crippen molar-refractivity contribution in [3.8, 4) is 55.6 Å². The van der Waals surface area contributed by atoms with E-state index in [2.05, 4.69) is 164 Å². The first-order chi connectivity index (χ1) is 22.6. The molecular weight excluding hydrogens is 558 g/mol. The Labute approximate surface area is 271 Å². The molecule has 1 unspecified atom stereocenters. The Hall–Kier alpha value is -5.77. The molecule has 1 atom stereocenters. The van der Waals surface area contributed by atoms with Crippen LogP contribution in [0.3, 0.4) is 0 Å². The van der Waals surface area contributed by atoms with E-state index in [1.165, 1.54) is 33.4 Å². The van der Waals surface area contributed by atoms with Gasteiger partial charge in [-0.25, -0.2) is 4.98 Å². The van der Waals surface area contributed by atoms with Gasteiger partial charge in [-0.1, -0.05) is 157 Å². The summed E-state index contributed by atoms with van der Waals surface area (Å²) in [4.78, 5) is 4.96. The molecule has 6 aromatic carbocycles. The minimum Gasteiger partial charge on any atom is -0.350 e. The molecule has 0 fully saturated rings. The molecule has 7 aromatic rings. The second kappa shape index (κ2) is 13.1. The summed E-state index contributed by atoms with van der Waals surface area (Å²) in [7, 11) is 0. The van der Waals surface area contributed by atoms with Gasteiger partial charge in [0.2, 0.25) is 0 Å². The third-order valence-electron chi connectivity index (χ3n) is 8.41. The number of benzene rings is 6. The average Bonchev–Trinajstić information content (AvgIpc) is 3.13. The van der Waals surface area contributed by atoms with E-state index in [4.69, 9.17) is 10.7 Å². The number of pyridine rings is 1. The lowest BCUT2D eigenvalue weighted by Gasteiger charge is -2.19. The Kier molecular flexibility index (Phi) is 8.23. The number of nitrogens with zero attached hydrogens (tertiary/aromatic N) is 1. The van der Waals surface area contributed by atoms with Crippen LogP contribution in [0.15, 0.2) is 170 Å². The summed E-state index contributed by atoms with van der Waals surface area (Å²) in [6.45, 7) is 2.11. The van der Waals surface area contributed by atoms with Crippen LogP contribution < -0.4 is 11.1 Å². The highest BCUT2D eigenvalue weighted by Gasteiger charge is 2.15. The summed E-state index contributed by atoms with van der Waals surface area (Å²) < 4.78 is 0. The van der Waals surface area contributed by atoms with Crippen LogP contribution in [0.25, 0.3) is 55.6 Å². The van der Waals surface area contributed by atoms with E-state index in [1.807, 2.05) is 18.3 Å². The van der Waals surface area contributed by atoms with Gasteiger partial charge in [0.25, 0.3) is 0 Å².